The van der Waals surface area contributed by atoms with Crippen molar-refractivity contribution in [3.05, 3.63) is 0 Å². The molecule has 0 radical (unpaired) electrons. The molecule has 0 saturated carbocycles. The molecule has 3 N–H and O–H groups in total. The molecule has 0 aromatic rings. The molecular formula is C9H20O3. The largest absolute Gasteiger partial charge is 0.396 e. The first-order valence-corrected chi connectivity index (χ1v) is 4.62. The van der Waals surface area contributed by atoms with Crippen molar-refractivity contribution in [3.63, 3.8) is 0 Å². The van der Waals surface area contributed by atoms with Gasteiger partial charge in [0.15, 0.2) is 0 Å². The fourth-order valence-electron chi connectivity index (χ4n) is 1.29. The van der Waals surface area contributed by atoms with Gasteiger partial charge in [0, 0.05) is 13.2 Å². The van der Waals surface area contributed by atoms with Gasteiger partial charge in [0.2, 0.25) is 0 Å². The first-order chi connectivity index (χ1) is 5.68. The van der Waals surface area contributed by atoms with Gasteiger partial charge in [-0.05, 0) is 32.1 Å². The van der Waals surface area contributed by atoms with E-state index in [1.807, 2.05) is 6.92 Å². The number of rotatable bonds is 7. The molecule has 0 saturated heterocycles. The van der Waals surface area contributed by atoms with E-state index in [1.165, 1.54) is 0 Å². The van der Waals surface area contributed by atoms with E-state index in [-0.39, 0.29) is 13.2 Å². The molecule has 0 aliphatic rings. The van der Waals surface area contributed by atoms with Crippen LogP contribution in [-0.4, -0.2) is 34.1 Å². The lowest BCUT2D eigenvalue weighted by Crippen LogP contribution is -2.28. The maximum absolute atomic E-state index is 9.86. The summed E-state index contributed by atoms with van der Waals surface area (Å²) in [6.07, 6.45) is 3.21. The molecule has 0 unspecified atom stereocenters. The zero-order valence-electron chi connectivity index (χ0n) is 7.79. The van der Waals surface area contributed by atoms with E-state index in [2.05, 4.69) is 0 Å². The summed E-state index contributed by atoms with van der Waals surface area (Å²) in [5, 5.41) is 27.0. The Kier molecular flexibility index (Phi) is 6.34. The van der Waals surface area contributed by atoms with Crippen LogP contribution in [0.3, 0.4) is 0 Å². The van der Waals surface area contributed by atoms with Crippen LogP contribution < -0.4 is 0 Å². The van der Waals surface area contributed by atoms with Gasteiger partial charge in [0.05, 0.1) is 5.60 Å². The number of hydrogen-bond donors (Lipinski definition) is 3. The zero-order valence-corrected chi connectivity index (χ0v) is 7.79. The standard InChI is InChI=1S/C9H20O3/c1-2-9(12,5-3-7-10)6-4-8-11/h10-12H,2-8H2,1H3. The Morgan fingerprint density at radius 2 is 1.42 bits per heavy atom. The Hall–Kier alpha value is -0.120. The van der Waals surface area contributed by atoms with Crippen LogP contribution in [0.15, 0.2) is 0 Å². The molecule has 0 bridgehead atoms. The number of hydrogen-bond acceptors (Lipinski definition) is 3. The Morgan fingerprint density at radius 1 is 1.00 bits per heavy atom. The van der Waals surface area contributed by atoms with E-state index in [0.717, 1.165) is 0 Å². The van der Waals surface area contributed by atoms with Crippen LogP contribution in [0.5, 0.6) is 0 Å². The fraction of sp³-hybridized carbons (Fsp3) is 1.00. The maximum Gasteiger partial charge on any atom is 0.0646 e. The minimum Gasteiger partial charge on any atom is -0.396 e. The molecule has 0 fully saturated rings. The highest BCUT2D eigenvalue weighted by Crippen LogP contribution is 2.22. The molecule has 0 atom stereocenters. The zero-order chi connectivity index (χ0) is 9.45. The molecule has 0 aromatic heterocycles. The van der Waals surface area contributed by atoms with Crippen LogP contribution in [0.4, 0.5) is 0 Å². The number of aliphatic hydroxyl groups is 3. The summed E-state index contributed by atoms with van der Waals surface area (Å²) in [6, 6.07) is 0. The SMILES string of the molecule is CCC(O)(CCCO)CCCO. The molecule has 3 heteroatoms. The van der Waals surface area contributed by atoms with Gasteiger partial charge in [0.1, 0.15) is 0 Å². The first kappa shape index (κ1) is 11.9. The fourth-order valence-corrected chi connectivity index (χ4v) is 1.29. The van der Waals surface area contributed by atoms with E-state index in [1.54, 1.807) is 0 Å². The Morgan fingerprint density at radius 3 is 1.67 bits per heavy atom. The lowest BCUT2D eigenvalue weighted by molar-refractivity contribution is 0.00748. The third kappa shape index (κ3) is 4.70. The van der Waals surface area contributed by atoms with Gasteiger partial charge in [-0.15, -0.1) is 0 Å². The van der Waals surface area contributed by atoms with Gasteiger partial charge >= 0.3 is 0 Å². The summed E-state index contributed by atoms with van der Waals surface area (Å²) < 4.78 is 0. The van der Waals surface area contributed by atoms with Crippen molar-refractivity contribution >= 4 is 0 Å². The van der Waals surface area contributed by atoms with Crippen molar-refractivity contribution in [2.24, 2.45) is 0 Å². The van der Waals surface area contributed by atoms with Gasteiger partial charge in [-0.25, -0.2) is 0 Å². The molecule has 0 rings (SSSR count). The molecule has 0 aliphatic carbocycles. The summed E-state index contributed by atoms with van der Waals surface area (Å²) in [6.45, 7) is 2.18. The summed E-state index contributed by atoms with van der Waals surface area (Å²) in [5.74, 6) is 0. The van der Waals surface area contributed by atoms with Gasteiger partial charge in [0.25, 0.3) is 0 Å². The van der Waals surface area contributed by atoms with Crippen molar-refractivity contribution in [2.45, 2.75) is 44.6 Å². The highest BCUT2D eigenvalue weighted by atomic mass is 16.3. The quantitative estimate of drug-likeness (QED) is 0.534. The van der Waals surface area contributed by atoms with Crippen molar-refractivity contribution in [1.29, 1.82) is 0 Å². The van der Waals surface area contributed by atoms with E-state index in [4.69, 9.17) is 10.2 Å². The van der Waals surface area contributed by atoms with Gasteiger partial charge < -0.3 is 15.3 Å². The second-order valence-corrected chi connectivity index (χ2v) is 3.23. The average molecular weight is 176 g/mol. The van der Waals surface area contributed by atoms with Crippen molar-refractivity contribution in [2.75, 3.05) is 13.2 Å². The highest BCUT2D eigenvalue weighted by molar-refractivity contribution is 4.76. The predicted octanol–water partition coefficient (Wildman–Crippen LogP) is 0.673. The average Bonchev–Trinajstić information content (AvgIpc) is 2.11. The van der Waals surface area contributed by atoms with E-state index < -0.39 is 5.60 Å². The first-order valence-electron chi connectivity index (χ1n) is 4.62. The Labute approximate surface area is 74.0 Å². The van der Waals surface area contributed by atoms with E-state index in [9.17, 15) is 5.11 Å². The third-order valence-corrected chi connectivity index (χ3v) is 2.26. The Balaban J connectivity index is 3.70. The van der Waals surface area contributed by atoms with Crippen LogP contribution in [0.25, 0.3) is 0 Å². The summed E-state index contributed by atoms with van der Waals surface area (Å²) in [7, 11) is 0. The summed E-state index contributed by atoms with van der Waals surface area (Å²) in [4.78, 5) is 0. The molecule has 74 valence electrons. The minimum atomic E-state index is -0.675. The van der Waals surface area contributed by atoms with Crippen molar-refractivity contribution in [3.8, 4) is 0 Å². The minimum absolute atomic E-state index is 0.126. The monoisotopic (exact) mass is 176 g/mol. The smallest absolute Gasteiger partial charge is 0.0646 e. The van der Waals surface area contributed by atoms with E-state index in [0.29, 0.717) is 32.1 Å². The lowest BCUT2D eigenvalue weighted by Gasteiger charge is -2.26. The van der Waals surface area contributed by atoms with Gasteiger partial charge in [-0.3, -0.25) is 0 Å². The lowest BCUT2D eigenvalue weighted by atomic mass is 9.90. The molecular weight excluding hydrogens is 156 g/mol. The van der Waals surface area contributed by atoms with Crippen LogP contribution in [-0.2, 0) is 0 Å². The second kappa shape index (κ2) is 6.40. The maximum atomic E-state index is 9.86. The summed E-state index contributed by atoms with van der Waals surface area (Å²) in [5.41, 5.74) is -0.675. The Bertz CT molecular complexity index is 95.9. The molecule has 0 aliphatic heterocycles. The highest BCUT2D eigenvalue weighted by Gasteiger charge is 2.22. The van der Waals surface area contributed by atoms with Crippen LogP contribution in [0.2, 0.25) is 0 Å². The number of aliphatic hydroxyl groups excluding tert-OH is 2. The molecule has 0 amide bonds. The van der Waals surface area contributed by atoms with Crippen LogP contribution in [0, 0.1) is 0 Å². The van der Waals surface area contributed by atoms with Crippen LogP contribution in [0.1, 0.15) is 39.0 Å². The molecule has 0 aromatic carbocycles. The normalized spacial score (nSPS) is 12.0. The van der Waals surface area contributed by atoms with Crippen molar-refractivity contribution < 1.29 is 15.3 Å². The second-order valence-electron chi connectivity index (χ2n) is 3.23. The third-order valence-electron chi connectivity index (χ3n) is 2.26. The predicted molar refractivity (Wildman–Crippen MR) is 47.9 cm³/mol. The van der Waals surface area contributed by atoms with Gasteiger partial charge in [-0.2, -0.15) is 0 Å². The molecule has 12 heavy (non-hydrogen) atoms. The molecule has 0 heterocycles. The van der Waals surface area contributed by atoms with Crippen molar-refractivity contribution in [1.82, 2.24) is 0 Å². The molecule has 3 nitrogen and oxygen atoms in total. The topological polar surface area (TPSA) is 60.7 Å². The molecule has 0 spiro atoms. The summed E-state index contributed by atoms with van der Waals surface area (Å²) >= 11 is 0. The van der Waals surface area contributed by atoms with E-state index >= 15 is 0 Å². The van der Waals surface area contributed by atoms with Crippen LogP contribution >= 0.6 is 0 Å². The van der Waals surface area contributed by atoms with Gasteiger partial charge in [-0.1, -0.05) is 6.92 Å².